The van der Waals surface area contributed by atoms with Crippen molar-refractivity contribution in [3.05, 3.63) is 0 Å². The molecule has 0 aromatic heterocycles. The highest BCUT2D eigenvalue weighted by Crippen LogP contribution is 2.48. The molecule has 0 aliphatic heterocycles. The second-order valence-electron chi connectivity index (χ2n) is 4.83. The number of aliphatic carboxylic acids is 1. The van der Waals surface area contributed by atoms with Crippen molar-refractivity contribution in [1.29, 1.82) is 0 Å². The van der Waals surface area contributed by atoms with Gasteiger partial charge in [0.1, 0.15) is 0 Å². The molecular weight excluding hydrogens is 224 g/mol. The van der Waals surface area contributed by atoms with Crippen LogP contribution in [-0.2, 0) is 9.63 Å². The quantitative estimate of drug-likeness (QED) is 0.574. The van der Waals surface area contributed by atoms with Crippen molar-refractivity contribution in [3.8, 4) is 0 Å². The number of urea groups is 1. The van der Waals surface area contributed by atoms with Crippen molar-refractivity contribution in [1.82, 2.24) is 10.8 Å². The Kier molecular flexibility index (Phi) is 3.83. The van der Waals surface area contributed by atoms with E-state index in [9.17, 15) is 9.59 Å². The van der Waals surface area contributed by atoms with Gasteiger partial charge in [-0.05, 0) is 43.4 Å². The summed E-state index contributed by atoms with van der Waals surface area (Å²) in [6.45, 7) is 0.139. The first kappa shape index (κ1) is 12.2. The zero-order chi connectivity index (χ0) is 12.3. The number of carboxylic acid groups (broad SMARTS) is 1. The third-order valence-corrected chi connectivity index (χ3v) is 3.31. The maximum Gasteiger partial charge on any atom is 0.338 e. The largest absolute Gasteiger partial charge is 0.479 e. The third kappa shape index (κ3) is 4.22. The monoisotopic (exact) mass is 242 g/mol. The van der Waals surface area contributed by atoms with Crippen LogP contribution < -0.4 is 10.8 Å². The minimum Gasteiger partial charge on any atom is -0.479 e. The predicted molar refractivity (Wildman–Crippen MR) is 59.1 cm³/mol. The maximum absolute atomic E-state index is 11.3. The molecule has 0 radical (unpaired) electrons. The van der Waals surface area contributed by atoms with E-state index in [4.69, 9.17) is 5.11 Å². The molecule has 3 N–H and O–H groups in total. The Hall–Kier alpha value is -1.30. The van der Waals surface area contributed by atoms with Crippen LogP contribution in [0, 0.1) is 17.8 Å². The van der Waals surface area contributed by atoms with Gasteiger partial charge >= 0.3 is 12.0 Å². The molecule has 2 amide bonds. The Bertz CT molecular complexity index is 288. The summed E-state index contributed by atoms with van der Waals surface area (Å²) in [5, 5.41) is 11.0. The molecule has 17 heavy (non-hydrogen) atoms. The SMILES string of the molecule is O=C(O)CONC(=O)NCC(C1CC1)C1CC1. The van der Waals surface area contributed by atoms with Gasteiger partial charge in [0.25, 0.3) is 0 Å². The van der Waals surface area contributed by atoms with Crippen LogP contribution >= 0.6 is 0 Å². The molecule has 2 fully saturated rings. The summed E-state index contributed by atoms with van der Waals surface area (Å²) in [5.41, 5.74) is 2.06. The van der Waals surface area contributed by atoms with Crippen LogP contribution in [0.5, 0.6) is 0 Å². The van der Waals surface area contributed by atoms with Crippen molar-refractivity contribution in [2.24, 2.45) is 17.8 Å². The first-order valence-corrected chi connectivity index (χ1v) is 6.04. The number of carbonyl (C=O) groups is 2. The molecular formula is C11H18N2O4. The highest BCUT2D eigenvalue weighted by Gasteiger charge is 2.41. The van der Waals surface area contributed by atoms with Gasteiger partial charge in [-0.25, -0.2) is 15.1 Å². The number of nitrogens with one attached hydrogen (secondary N) is 2. The number of rotatable bonds is 7. The van der Waals surface area contributed by atoms with Crippen molar-refractivity contribution in [2.75, 3.05) is 13.2 Å². The van der Waals surface area contributed by atoms with Crippen LogP contribution in [-0.4, -0.2) is 30.3 Å². The molecule has 0 saturated heterocycles. The fraction of sp³-hybridized carbons (Fsp3) is 0.818. The van der Waals surface area contributed by atoms with E-state index in [1.165, 1.54) is 25.7 Å². The molecule has 0 atom stereocenters. The van der Waals surface area contributed by atoms with Gasteiger partial charge in [0, 0.05) is 6.54 Å². The van der Waals surface area contributed by atoms with E-state index in [1.807, 2.05) is 0 Å². The van der Waals surface area contributed by atoms with Crippen molar-refractivity contribution in [2.45, 2.75) is 25.7 Å². The van der Waals surface area contributed by atoms with Gasteiger partial charge in [-0.1, -0.05) is 0 Å². The Morgan fingerprint density at radius 2 is 1.82 bits per heavy atom. The van der Waals surface area contributed by atoms with Crippen LogP contribution in [0.2, 0.25) is 0 Å². The lowest BCUT2D eigenvalue weighted by atomic mass is 9.98. The molecule has 6 nitrogen and oxygen atoms in total. The van der Waals surface area contributed by atoms with Gasteiger partial charge in [-0.2, -0.15) is 0 Å². The molecule has 96 valence electrons. The highest BCUT2D eigenvalue weighted by atomic mass is 16.7. The standard InChI is InChI=1S/C11H18N2O4/c14-10(15)6-17-13-11(16)12-5-9(7-1-2-7)8-3-4-8/h7-9H,1-6H2,(H,14,15)(H2,12,13,16). The lowest BCUT2D eigenvalue weighted by molar-refractivity contribution is -0.144. The van der Waals surface area contributed by atoms with Crippen LogP contribution in [0.15, 0.2) is 0 Å². The average molecular weight is 242 g/mol. The number of hydrogen-bond acceptors (Lipinski definition) is 3. The lowest BCUT2D eigenvalue weighted by Gasteiger charge is -2.16. The third-order valence-electron chi connectivity index (χ3n) is 3.31. The first-order chi connectivity index (χ1) is 8.16. The molecule has 2 rings (SSSR count). The highest BCUT2D eigenvalue weighted by molar-refractivity contribution is 5.73. The zero-order valence-corrected chi connectivity index (χ0v) is 9.65. The first-order valence-electron chi connectivity index (χ1n) is 6.04. The van der Waals surface area contributed by atoms with E-state index in [-0.39, 0.29) is 0 Å². The molecule has 0 heterocycles. The van der Waals surface area contributed by atoms with Crippen LogP contribution in [0.4, 0.5) is 4.79 Å². The predicted octanol–water partition coefficient (Wildman–Crippen LogP) is 0.738. The summed E-state index contributed by atoms with van der Waals surface area (Å²) in [4.78, 5) is 25.9. The number of carboxylic acids is 1. The summed E-state index contributed by atoms with van der Waals surface area (Å²) in [5.74, 6) is 1.05. The van der Waals surface area contributed by atoms with Crippen molar-refractivity contribution >= 4 is 12.0 Å². The second-order valence-corrected chi connectivity index (χ2v) is 4.83. The molecule has 2 aliphatic rings. The van der Waals surface area contributed by atoms with Crippen LogP contribution in [0.3, 0.4) is 0 Å². The Morgan fingerprint density at radius 1 is 1.24 bits per heavy atom. The van der Waals surface area contributed by atoms with E-state index in [0.29, 0.717) is 12.5 Å². The Labute approximate surface area is 99.7 Å². The van der Waals surface area contributed by atoms with Gasteiger partial charge < -0.3 is 10.4 Å². The topological polar surface area (TPSA) is 87.7 Å². The number of amides is 2. The fourth-order valence-electron chi connectivity index (χ4n) is 2.18. The lowest BCUT2D eigenvalue weighted by Crippen LogP contribution is -2.39. The van der Waals surface area contributed by atoms with E-state index in [0.717, 1.165) is 11.8 Å². The maximum atomic E-state index is 11.3. The number of hydrogen-bond donors (Lipinski definition) is 3. The summed E-state index contributed by atoms with van der Waals surface area (Å²) >= 11 is 0. The molecule has 0 aromatic rings. The van der Waals surface area contributed by atoms with Crippen molar-refractivity contribution in [3.63, 3.8) is 0 Å². The molecule has 0 aromatic carbocycles. The van der Waals surface area contributed by atoms with Crippen LogP contribution in [0.25, 0.3) is 0 Å². The van der Waals surface area contributed by atoms with Gasteiger partial charge in [0.15, 0.2) is 6.61 Å². The van der Waals surface area contributed by atoms with Crippen molar-refractivity contribution < 1.29 is 19.5 Å². The summed E-state index contributed by atoms with van der Waals surface area (Å²) in [6, 6.07) is -0.461. The van der Waals surface area contributed by atoms with Gasteiger partial charge in [0.2, 0.25) is 0 Å². The number of carbonyl (C=O) groups excluding carboxylic acids is 1. The van der Waals surface area contributed by atoms with Crippen LogP contribution in [0.1, 0.15) is 25.7 Å². The van der Waals surface area contributed by atoms with E-state index in [2.05, 4.69) is 15.6 Å². The molecule has 0 unspecified atom stereocenters. The average Bonchev–Trinajstić information content (AvgIpc) is 3.12. The minimum absolute atomic E-state index is 0.461. The fourth-order valence-corrected chi connectivity index (χ4v) is 2.18. The molecule has 0 spiro atoms. The van der Waals surface area contributed by atoms with E-state index in [1.54, 1.807) is 0 Å². The second kappa shape index (κ2) is 5.35. The van der Waals surface area contributed by atoms with Gasteiger partial charge in [-0.3, -0.25) is 4.84 Å². The Balaban J connectivity index is 1.59. The summed E-state index contributed by atoms with van der Waals surface area (Å²) in [6.07, 6.45) is 5.11. The van der Waals surface area contributed by atoms with Gasteiger partial charge in [0.05, 0.1) is 0 Å². The number of hydroxylamine groups is 1. The molecule has 0 bridgehead atoms. The normalized spacial score (nSPS) is 19.1. The smallest absolute Gasteiger partial charge is 0.338 e. The summed E-state index contributed by atoms with van der Waals surface area (Å²) < 4.78 is 0. The summed E-state index contributed by atoms with van der Waals surface area (Å²) in [7, 11) is 0. The molecule has 6 heteroatoms. The van der Waals surface area contributed by atoms with E-state index >= 15 is 0 Å². The molecule has 2 aliphatic carbocycles. The Morgan fingerprint density at radius 3 is 2.29 bits per heavy atom. The zero-order valence-electron chi connectivity index (χ0n) is 9.65. The minimum atomic E-state index is -1.11. The van der Waals surface area contributed by atoms with Gasteiger partial charge in [-0.15, -0.1) is 0 Å². The molecule has 2 saturated carbocycles. The van der Waals surface area contributed by atoms with E-state index < -0.39 is 18.6 Å².